The molecule has 0 fully saturated rings. The molecule has 0 atom stereocenters. The molecule has 0 aliphatic heterocycles. The molecule has 0 saturated carbocycles. The summed E-state index contributed by atoms with van der Waals surface area (Å²) in [5, 5.41) is 5.75. The molecule has 0 heterocycles. The maximum Gasteiger partial charge on any atom is 0.417 e. The second-order valence-corrected chi connectivity index (χ2v) is 6.14. The summed E-state index contributed by atoms with van der Waals surface area (Å²) in [6, 6.07) is 10.5. The highest BCUT2D eigenvalue weighted by Crippen LogP contribution is 2.36. The Hall–Kier alpha value is -1.76. The van der Waals surface area contributed by atoms with Gasteiger partial charge in [0.05, 0.1) is 10.6 Å². The number of rotatable bonds is 6. The minimum absolute atomic E-state index is 0.0550. The number of anilines is 1. The lowest BCUT2D eigenvalue weighted by atomic mass is 10.2. The van der Waals surface area contributed by atoms with E-state index in [4.69, 9.17) is 23.2 Å². The summed E-state index contributed by atoms with van der Waals surface area (Å²) in [6.45, 7) is 0.942. The molecule has 0 spiro atoms. The van der Waals surface area contributed by atoms with Crippen LogP contribution in [0.2, 0.25) is 10.0 Å². The molecule has 0 aromatic heterocycles. The Bertz CT molecular complexity index is 734. The number of carbonyl (C=O) groups is 1. The first-order chi connectivity index (χ1) is 11.8. The summed E-state index contributed by atoms with van der Waals surface area (Å²) < 4.78 is 38.4. The zero-order chi connectivity index (χ0) is 18.4. The molecular formula is C17H15Cl2F3N2O. The summed E-state index contributed by atoms with van der Waals surface area (Å²) >= 11 is 11.3. The highest BCUT2D eigenvalue weighted by atomic mass is 35.5. The van der Waals surface area contributed by atoms with Crippen molar-refractivity contribution in [2.24, 2.45) is 0 Å². The van der Waals surface area contributed by atoms with Crippen LogP contribution in [0, 0.1) is 0 Å². The van der Waals surface area contributed by atoms with Crippen LogP contribution in [-0.2, 0) is 17.5 Å². The summed E-state index contributed by atoms with van der Waals surface area (Å²) in [7, 11) is 0. The molecule has 2 aromatic carbocycles. The van der Waals surface area contributed by atoms with Gasteiger partial charge in [0.2, 0.25) is 5.91 Å². The van der Waals surface area contributed by atoms with Gasteiger partial charge in [-0.1, -0.05) is 35.3 Å². The number of alkyl halides is 3. The van der Waals surface area contributed by atoms with Crippen molar-refractivity contribution in [1.82, 2.24) is 5.32 Å². The third-order valence-corrected chi connectivity index (χ3v) is 3.91. The molecule has 0 aliphatic rings. The third kappa shape index (κ3) is 6.23. The lowest BCUT2D eigenvalue weighted by Gasteiger charge is -2.12. The van der Waals surface area contributed by atoms with Gasteiger partial charge in [-0.05, 0) is 35.9 Å². The number of nitrogens with one attached hydrogen (secondary N) is 2. The van der Waals surface area contributed by atoms with Crippen molar-refractivity contribution in [1.29, 1.82) is 0 Å². The second kappa shape index (κ2) is 8.56. The number of hydrogen-bond donors (Lipinski definition) is 2. The smallest absolute Gasteiger partial charge is 0.326 e. The molecule has 0 saturated heterocycles. The van der Waals surface area contributed by atoms with E-state index in [0.29, 0.717) is 18.1 Å². The Morgan fingerprint density at radius 3 is 2.36 bits per heavy atom. The van der Waals surface area contributed by atoms with Crippen LogP contribution in [0.25, 0.3) is 0 Å². The molecule has 0 bridgehead atoms. The van der Waals surface area contributed by atoms with Gasteiger partial charge in [0.1, 0.15) is 0 Å². The average molecular weight is 391 g/mol. The normalized spacial score (nSPS) is 11.4. The van der Waals surface area contributed by atoms with E-state index in [1.165, 1.54) is 6.07 Å². The largest absolute Gasteiger partial charge is 0.417 e. The molecule has 2 rings (SSSR count). The maximum absolute atomic E-state index is 12.8. The monoisotopic (exact) mass is 390 g/mol. The summed E-state index contributed by atoms with van der Waals surface area (Å²) in [5.74, 6) is -0.390. The van der Waals surface area contributed by atoms with Crippen LogP contribution < -0.4 is 10.6 Å². The van der Waals surface area contributed by atoms with Crippen molar-refractivity contribution >= 4 is 34.8 Å². The fraction of sp³-hybridized carbons (Fsp3) is 0.235. The molecule has 2 aromatic rings. The number of carbonyl (C=O) groups excluding carboxylic acids is 1. The van der Waals surface area contributed by atoms with Crippen molar-refractivity contribution in [3.05, 3.63) is 63.6 Å². The number of halogens is 5. The molecule has 134 valence electrons. The first-order valence-corrected chi connectivity index (χ1v) is 8.13. The molecule has 1 amide bonds. The molecule has 0 aliphatic carbocycles. The Morgan fingerprint density at radius 2 is 1.72 bits per heavy atom. The van der Waals surface area contributed by atoms with Crippen molar-refractivity contribution in [2.45, 2.75) is 19.1 Å². The van der Waals surface area contributed by atoms with E-state index in [-0.39, 0.29) is 18.0 Å². The van der Waals surface area contributed by atoms with Gasteiger partial charge in [0, 0.05) is 30.2 Å². The second-order valence-electron chi connectivity index (χ2n) is 5.29. The Kier molecular flexibility index (Phi) is 6.70. The van der Waals surface area contributed by atoms with Gasteiger partial charge in [0.15, 0.2) is 0 Å². The summed E-state index contributed by atoms with van der Waals surface area (Å²) in [5.41, 5.74) is 0.0876. The number of benzene rings is 2. The van der Waals surface area contributed by atoms with Gasteiger partial charge < -0.3 is 10.6 Å². The first-order valence-electron chi connectivity index (χ1n) is 7.37. The van der Waals surface area contributed by atoms with Crippen LogP contribution in [0.5, 0.6) is 0 Å². The van der Waals surface area contributed by atoms with Gasteiger partial charge in [-0.2, -0.15) is 13.2 Å². The van der Waals surface area contributed by atoms with Crippen LogP contribution in [0.15, 0.2) is 42.5 Å². The molecule has 0 radical (unpaired) electrons. The van der Waals surface area contributed by atoms with E-state index in [2.05, 4.69) is 10.6 Å². The highest BCUT2D eigenvalue weighted by Gasteiger charge is 2.33. The van der Waals surface area contributed by atoms with E-state index in [9.17, 15) is 18.0 Å². The van der Waals surface area contributed by atoms with Crippen LogP contribution >= 0.6 is 23.2 Å². The zero-order valence-electron chi connectivity index (χ0n) is 13.0. The molecule has 25 heavy (non-hydrogen) atoms. The molecule has 8 heteroatoms. The molecule has 0 unspecified atom stereocenters. The first kappa shape index (κ1) is 19.6. The van der Waals surface area contributed by atoms with Crippen LogP contribution in [0.4, 0.5) is 18.9 Å². The number of amides is 1. The minimum atomic E-state index is -4.57. The van der Waals surface area contributed by atoms with Crippen LogP contribution in [0.1, 0.15) is 17.5 Å². The molecule has 2 N–H and O–H groups in total. The standard InChI is InChI=1S/C17H15Cl2F3N2O/c18-12-3-1-11(2-4-12)10-23-8-7-16(25)24-13-5-6-15(19)14(9-13)17(20,21)22/h1-6,9,23H,7-8,10H2,(H,24,25). The lowest BCUT2D eigenvalue weighted by Crippen LogP contribution is -2.21. The van der Waals surface area contributed by atoms with Crippen LogP contribution in [0.3, 0.4) is 0 Å². The van der Waals surface area contributed by atoms with Gasteiger partial charge in [0.25, 0.3) is 0 Å². The highest BCUT2D eigenvalue weighted by molar-refractivity contribution is 6.31. The number of hydrogen-bond acceptors (Lipinski definition) is 2. The van der Waals surface area contributed by atoms with Gasteiger partial charge in [-0.15, -0.1) is 0 Å². The zero-order valence-corrected chi connectivity index (χ0v) is 14.5. The van der Waals surface area contributed by atoms with Crippen LogP contribution in [-0.4, -0.2) is 12.5 Å². The van der Waals surface area contributed by atoms with Crippen molar-refractivity contribution in [3.8, 4) is 0 Å². The quantitative estimate of drug-likeness (QED) is 0.671. The summed E-state index contributed by atoms with van der Waals surface area (Å²) in [4.78, 5) is 11.8. The average Bonchev–Trinajstić information content (AvgIpc) is 2.54. The maximum atomic E-state index is 12.8. The van der Waals surface area contributed by atoms with E-state index in [1.54, 1.807) is 12.1 Å². The van der Waals surface area contributed by atoms with E-state index < -0.39 is 16.8 Å². The fourth-order valence-corrected chi connectivity index (χ4v) is 2.43. The summed E-state index contributed by atoms with van der Waals surface area (Å²) in [6.07, 6.45) is -4.45. The van der Waals surface area contributed by atoms with Gasteiger partial charge in [-0.25, -0.2) is 0 Å². The van der Waals surface area contributed by atoms with E-state index >= 15 is 0 Å². The predicted molar refractivity (Wildman–Crippen MR) is 92.9 cm³/mol. The SMILES string of the molecule is O=C(CCNCc1ccc(Cl)cc1)Nc1ccc(Cl)c(C(F)(F)F)c1. The van der Waals surface area contributed by atoms with Crippen molar-refractivity contribution in [3.63, 3.8) is 0 Å². The van der Waals surface area contributed by atoms with Gasteiger partial charge >= 0.3 is 6.18 Å². The topological polar surface area (TPSA) is 41.1 Å². The molecular weight excluding hydrogens is 376 g/mol. The van der Waals surface area contributed by atoms with E-state index in [1.807, 2.05) is 12.1 Å². The Morgan fingerprint density at radius 1 is 1.04 bits per heavy atom. The third-order valence-electron chi connectivity index (χ3n) is 3.33. The Labute approximate surface area is 153 Å². The lowest BCUT2D eigenvalue weighted by molar-refractivity contribution is -0.137. The van der Waals surface area contributed by atoms with Crippen molar-refractivity contribution in [2.75, 3.05) is 11.9 Å². The fourth-order valence-electron chi connectivity index (χ4n) is 2.08. The Balaban J connectivity index is 1.81. The minimum Gasteiger partial charge on any atom is -0.326 e. The van der Waals surface area contributed by atoms with Crippen molar-refractivity contribution < 1.29 is 18.0 Å². The molecule has 3 nitrogen and oxygen atoms in total. The van der Waals surface area contributed by atoms with Gasteiger partial charge in [-0.3, -0.25) is 4.79 Å². The predicted octanol–water partition coefficient (Wildman–Crippen LogP) is 5.13. The van der Waals surface area contributed by atoms with E-state index in [0.717, 1.165) is 17.7 Å².